The summed E-state index contributed by atoms with van der Waals surface area (Å²) in [5, 5.41) is 5.32. The summed E-state index contributed by atoms with van der Waals surface area (Å²) in [4.78, 5) is 58.9. The number of ether oxygens (including phenoxy) is 3. The number of alkyl carbamates (subject to hydrolysis) is 1. The summed E-state index contributed by atoms with van der Waals surface area (Å²) < 4.78 is 16.9. The molecule has 13 nitrogen and oxygen atoms in total. The van der Waals surface area contributed by atoms with Crippen molar-refractivity contribution >= 4 is 34.8 Å². The molecule has 0 saturated heterocycles. The van der Waals surface area contributed by atoms with Gasteiger partial charge in [-0.05, 0) is 46.2 Å². The zero-order valence-electron chi connectivity index (χ0n) is 29.0. The monoisotopic (exact) mass is 648 g/mol. The van der Waals surface area contributed by atoms with Gasteiger partial charge in [-0.25, -0.2) is 9.59 Å². The maximum Gasteiger partial charge on any atom is 1.00 e. The molecule has 3 aromatic rings. The quantitative estimate of drug-likeness (QED) is 0.103. The molecule has 0 atom stereocenters. The molecule has 0 spiro atoms. The molecular weight excluding hydrogens is 599 g/mol. The number of aromatic amines is 1. The number of amides is 2. The summed E-state index contributed by atoms with van der Waals surface area (Å²) in [6.45, 7) is 20.7. The number of fused-ring (bicyclic) bond motifs is 1. The molecule has 2 amide bonds. The molecule has 0 aliphatic carbocycles. The maximum absolute atomic E-state index is 12.7. The van der Waals surface area contributed by atoms with Crippen molar-refractivity contribution in [1.29, 1.82) is 0 Å². The number of imidazole rings is 1. The van der Waals surface area contributed by atoms with Crippen LogP contribution in [0.3, 0.4) is 0 Å². The number of aromatic nitrogens is 4. The topological polar surface area (TPSA) is 167 Å². The van der Waals surface area contributed by atoms with Gasteiger partial charge in [0.2, 0.25) is 5.91 Å². The largest absolute Gasteiger partial charge is 1.00 e. The van der Waals surface area contributed by atoms with Gasteiger partial charge in [0.1, 0.15) is 17.7 Å². The van der Waals surface area contributed by atoms with Gasteiger partial charge < -0.3 is 50.6 Å². The summed E-state index contributed by atoms with van der Waals surface area (Å²) in [6, 6.07) is 7.01. The standard InChI is InChI=1S/C23H28N5O5.C8H16NO2.C2H5.Li/c1-4-5-6-7-18(30)24-20-19-21(27-22(26-20)33-13-12-32-3)28(23(31)25-19)14-16-8-10-17(11-9-16)15(2)29;1-5-6-9-7(10)11-8(2,3)4;1-2;/h8-11H,1,4-7,12-14H2,2-3H3,(H,25,31)(H,24,26,27,30);1,5-6H2,2-4H3,(H,9,10);1H2,2H3;/q3*-1;+1. The number of Topliss-reactive ketones (excluding diaryl/α,β-unsaturated/α-hetero) is 1. The van der Waals surface area contributed by atoms with E-state index in [2.05, 4.69) is 46.4 Å². The Balaban J connectivity index is 0.00000129. The fourth-order valence-electron chi connectivity index (χ4n) is 3.72. The van der Waals surface area contributed by atoms with Crippen molar-refractivity contribution in [2.24, 2.45) is 0 Å². The van der Waals surface area contributed by atoms with Crippen molar-refractivity contribution in [1.82, 2.24) is 24.8 Å². The number of nitrogens with zero attached hydrogens (tertiary/aromatic N) is 3. The first kappa shape index (κ1) is 43.3. The number of anilines is 1. The third-order valence-corrected chi connectivity index (χ3v) is 5.83. The first-order valence-electron chi connectivity index (χ1n) is 15.2. The van der Waals surface area contributed by atoms with Gasteiger partial charge in [-0.1, -0.05) is 30.7 Å². The van der Waals surface area contributed by atoms with E-state index in [0.717, 1.165) is 18.4 Å². The van der Waals surface area contributed by atoms with Crippen LogP contribution in [-0.2, 0) is 20.8 Å². The molecule has 0 aliphatic heterocycles. The average Bonchev–Trinajstić information content (AvgIpc) is 3.32. The molecule has 3 N–H and O–H groups in total. The van der Waals surface area contributed by atoms with E-state index >= 15 is 0 Å². The number of rotatable bonds is 14. The van der Waals surface area contributed by atoms with E-state index in [9.17, 15) is 19.2 Å². The van der Waals surface area contributed by atoms with E-state index in [1.165, 1.54) is 11.5 Å². The van der Waals surface area contributed by atoms with Gasteiger partial charge in [-0.2, -0.15) is 29.7 Å². The van der Waals surface area contributed by atoms with Crippen LogP contribution >= 0.6 is 0 Å². The van der Waals surface area contributed by atoms with Crippen LogP contribution in [0.4, 0.5) is 10.6 Å². The normalized spacial score (nSPS) is 10.4. The summed E-state index contributed by atoms with van der Waals surface area (Å²) in [5.41, 5.74) is 1.19. The number of H-pyrrole nitrogens is 1. The van der Waals surface area contributed by atoms with Crippen molar-refractivity contribution in [3.05, 3.63) is 66.6 Å². The third-order valence-electron chi connectivity index (χ3n) is 5.83. The van der Waals surface area contributed by atoms with Crippen LogP contribution in [-0.4, -0.2) is 69.8 Å². The number of ketones is 1. The summed E-state index contributed by atoms with van der Waals surface area (Å²) >= 11 is 0. The molecule has 0 unspecified atom stereocenters. The second-order valence-corrected chi connectivity index (χ2v) is 10.8. The van der Waals surface area contributed by atoms with Crippen LogP contribution in [0.2, 0.25) is 0 Å². The van der Waals surface area contributed by atoms with Crippen molar-refractivity contribution in [3.8, 4) is 6.01 Å². The molecule has 0 radical (unpaired) electrons. The smallest absolute Gasteiger partial charge is 0.461 e. The van der Waals surface area contributed by atoms with Gasteiger partial charge in [0.05, 0.1) is 13.2 Å². The van der Waals surface area contributed by atoms with Crippen LogP contribution in [0.1, 0.15) is 82.6 Å². The minimum Gasteiger partial charge on any atom is -0.461 e. The maximum atomic E-state index is 12.7. The Morgan fingerprint density at radius 3 is 2.21 bits per heavy atom. The fourth-order valence-corrected chi connectivity index (χ4v) is 3.72. The molecule has 47 heavy (non-hydrogen) atoms. The van der Waals surface area contributed by atoms with Crippen molar-refractivity contribution in [2.45, 2.75) is 78.9 Å². The Kier molecular flexibility index (Phi) is 21.0. The van der Waals surface area contributed by atoms with Crippen LogP contribution < -0.4 is 39.9 Å². The molecule has 1 aromatic carbocycles. The number of hydrogen-bond donors (Lipinski definition) is 3. The average molecular weight is 649 g/mol. The third kappa shape index (κ3) is 16.1. The molecule has 0 fully saturated rings. The van der Waals surface area contributed by atoms with Gasteiger partial charge in [-0.15, -0.1) is 0 Å². The van der Waals surface area contributed by atoms with Crippen LogP contribution in [0.5, 0.6) is 6.01 Å². The second-order valence-electron chi connectivity index (χ2n) is 10.8. The number of benzene rings is 1. The second kappa shape index (κ2) is 22.8. The van der Waals surface area contributed by atoms with Gasteiger partial charge in [0.15, 0.2) is 17.2 Å². The van der Waals surface area contributed by atoms with Gasteiger partial charge >= 0.3 is 36.7 Å². The Hall–Kier alpha value is -3.66. The minimum absolute atomic E-state index is 0. The predicted octanol–water partition coefficient (Wildman–Crippen LogP) is 2.31. The number of nitrogens with one attached hydrogen (secondary N) is 3. The van der Waals surface area contributed by atoms with Gasteiger partial charge in [-0.3, -0.25) is 14.2 Å². The number of carbonyl (C=O) groups excluding carboxylic acids is 3. The Labute approximate surface area is 290 Å². The van der Waals surface area contributed by atoms with E-state index in [1.54, 1.807) is 38.3 Å². The van der Waals surface area contributed by atoms with E-state index < -0.39 is 11.3 Å². The van der Waals surface area contributed by atoms with Crippen LogP contribution in [0.15, 0.2) is 29.1 Å². The number of unbranched alkanes of at least 4 members (excludes halogenated alkanes) is 2. The van der Waals surface area contributed by atoms with E-state index in [0.29, 0.717) is 49.1 Å². The van der Waals surface area contributed by atoms with Crippen molar-refractivity contribution in [3.63, 3.8) is 0 Å². The molecule has 0 saturated carbocycles. The molecule has 2 heterocycles. The Morgan fingerprint density at radius 1 is 1.00 bits per heavy atom. The van der Waals surface area contributed by atoms with Gasteiger partial charge in [0, 0.05) is 19.1 Å². The first-order valence-corrected chi connectivity index (χ1v) is 15.2. The molecule has 2 aromatic heterocycles. The molecule has 0 aliphatic rings. The van der Waals surface area contributed by atoms with E-state index in [-0.39, 0.29) is 61.6 Å². The van der Waals surface area contributed by atoms with Crippen LogP contribution in [0.25, 0.3) is 11.2 Å². The summed E-state index contributed by atoms with van der Waals surface area (Å²) in [5.74, 6) is -0.0819. The number of carbonyl (C=O) groups is 3. The minimum atomic E-state index is -0.411. The Bertz CT molecular complexity index is 1430. The summed E-state index contributed by atoms with van der Waals surface area (Å²) in [7, 11) is 1.55. The zero-order chi connectivity index (χ0) is 34.7. The molecular formula is C33H49LiN6O7-2. The van der Waals surface area contributed by atoms with Crippen LogP contribution in [0, 0.1) is 20.8 Å². The van der Waals surface area contributed by atoms with Gasteiger partial charge in [0.25, 0.3) is 0 Å². The van der Waals surface area contributed by atoms with E-state index in [1.807, 2.05) is 20.8 Å². The molecule has 14 heteroatoms. The molecule has 0 bridgehead atoms. The zero-order valence-corrected chi connectivity index (χ0v) is 29.0. The first-order chi connectivity index (χ1) is 21.9. The molecule has 256 valence electrons. The van der Waals surface area contributed by atoms with E-state index in [4.69, 9.17) is 14.2 Å². The SMILES string of the molecule is [CH2-]C.[CH2-]CCCCC(=O)Nc1nc(OCCOC)nc2c1[nH]c(=O)n2Cc1ccc(C(C)=O)cc1.[CH2-]CCNC(=O)OC(C)(C)C.[Li+]. The fraction of sp³-hybridized carbons (Fsp3) is 0.485. The van der Waals surface area contributed by atoms with Crippen molar-refractivity contribution in [2.75, 3.05) is 32.2 Å². The number of hydrogen-bond acceptors (Lipinski definition) is 9. The Morgan fingerprint density at radius 2 is 1.66 bits per heavy atom. The van der Waals surface area contributed by atoms with Crippen molar-refractivity contribution < 1.29 is 47.5 Å². The number of methoxy groups -OCH3 is 1. The summed E-state index contributed by atoms with van der Waals surface area (Å²) in [6.07, 6.45) is 2.92. The molecule has 3 rings (SSSR count). The predicted molar refractivity (Wildman–Crippen MR) is 179 cm³/mol.